The summed E-state index contributed by atoms with van der Waals surface area (Å²) in [5.74, 6) is 1.20. The van der Waals surface area contributed by atoms with E-state index in [1.165, 1.54) is 4.90 Å². The minimum Gasteiger partial charge on any atom is -0.373 e. The average Bonchev–Trinajstić information content (AvgIpc) is 2.47. The molecule has 2 aromatic heterocycles. The highest BCUT2D eigenvalue weighted by Gasteiger charge is 2.14. The third kappa shape index (κ3) is 2.45. The van der Waals surface area contributed by atoms with Crippen LogP contribution in [0.4, 0.5) is 11.6 Å². The van der Waals surface area contributed by atoms with Crippen molar-refractivity contribution in [1.29, 1.82) is 0 Å². The fraction of sp³-hybridized carbons (Fsp3) is 0.154. The van der Waals surface area contributed by atoms with Gasteiger partial charge in [0.15, 0.2) is 0 Å². The number of anilines is 2. The Morgan fingerprint density at radius 1 is 1.22 bits per heavy atom. The lowest BCUT2D eigenvalue weighted by Crippen LogP contribution is -2.27. The van der Waals surface area contributed by atoms with Gasteiger partial charge in [0.2, 0.25) is 0 Å². The van der Waals surface area contributed by atoms with E-state index in [0.29, 0.717) is 11.4 Å². The number of nitrogens with one attached hydrogen (secondary N) is 1. The predicted molar refractivity (Wildman–Crippen MR) is 70.8 cm³/mol. The molecular formula is C13H14N4O. The minimum absolute atomic E-state index is 0.135. The molecule has 1 N–H and O–H groups in total. The van der Waals surface area contributed by atoms with Gasteiger partial charge in [-0.2, -0.15) is 0 Å². The van der Waals surface area contributed by atoms with E-state index in [1.54, 1.807) is 44.7 Å². The molecule has 18 heavy (non-hydrogen) atoms. The number of pyridine rings is 2. The Bertz CT molecular complexity index is 524. The summed E-state index contributed by atoms with van der Waals surface area (Å²) in [4.78, 5) is 21.9. The first-order valence-electron chi connectivity index (χ1n) is 5.55. The molecular weight excluding hydrogens is 228 g/mol. The second-order valence-corrected chi connectivity index (χ2v) is 3.73. The van der Waals surface area contributed by atoms with Crippen molar-refractivity contribution in [2.24, 2.45) is 0 Å². The van der Waals surface area contributed by atoms with Crippen LogP contribution in [0.25, 0.3) is 0 Å². The molecule has 0 spiro atoms. The van der Waals surface area contributed by atoms with Crippen LogP contribution in [-0.4, -0.2) is 30.0 Å². The summed E-state index contributed by atoms with van der Waals surface area (Å²) < 4.78 is 0. The number of hydrogen-bond donors (Lipinski definition) is 1. The third-order valence-electron chi connectivity index (χ3n) is 2.56. The summed E-state index contributed by atoms with van der Waals surface area (Å²) in [6.07, 6.45) is 3.20. The van der Waals surface area contributed by atoms with Crippen LogP contribution in [-0.2, 0) is 0 Å². The van der Waals surface area contributed by atoms with Crippen molar-refractivity contribution >= 4 is 17.5 Å². The summed E-state index contributed by atoms with van der Waals surface area (Å²) in [5.41, 5.74) is 0.530. The van der Waals surface area contributed by atoms with Gasteiger partial charge in [-0.05, 0) is 24.3 Å². The van der Waals surface area contributed by atoms with Gasteiger partial charge < -0.3 is 5.32 Å². The first kappa shape index (κ1) is 12.0. The maximum Gasteiger partial charge on any atom is 0.260 e. The normalized spacial score (nSPS) is 9.89. The van der Waals surface area contributed by atoms with Crippen LogP contribution in [0.1, 0.15) is 10.4 Å². The molecule has 0 aliphatic carbocycles. The molecule has 5 heteroatoms. The first-order valence-corrected chi connectivity index (χ1v) is 5.55. The van der Waals surface area contributed by atoms with Crippen LogP contribution < -0.4 is 10.2 Å². The number of hydrogen-bond acceptors (Lipinski definition) is 4. The SMILES string of the molecule is CNc1ccc(C(=O)N(C)c2ccccn2)cn1. The van der Waals surface area contributed by atoms with Crippen LogP contribution in [0.3, 0.4) is 0 Å². The predicted octanol–water partition coefficient (Wildman–Crippen LogP) is 1.79. The summed E-state index contributed by atoms with van der Waals surface area (Å²) >= 11 is 0. The Hall–Kier alpha value is -2.43. The Balaban J connectivity index is 2.20. The van der Waals surface area contributed by atoms with Crippen LogP contribution in [0.2, 0.25) is 0 Å². The van der Waals surface area contributed by atoms with Crippen molar-refractivity contribution in [3.05, 3.63) is 48.3 Å². The summed E-state index contributed by atoms with van der Waals surface area (Å²) in [6.45, 7) is 0. The highest BCUT2D eigenvalue weighted by Crippen LogP contribution is 2.12. The zero-order valence-corrected chi connectivity index (χ0v) is 10.3. The molecule has 0 saturated heterocycles. The van der Waals surface area contributed by atoms with Gasteiger partial charge in [-0.1, -0.05) is 6.07 Å². The molecule has 5 nitrogen and oxygen atoms in total. The Morgan fingerprint density at radius 2 is 2.06 bits per heavy atom. The molecule has 0 unspecified atom stereocenters. The van der Waals surface area contributed by atoms with Crippen LogP contribution in [0.15, 0.2) is 42.7 Å². The van der Waals surface area contributed by atoms with Crippen LogP contribution >= 0.6 is 0 Å². The zero-order valence-electron chi connectivity index (χ0n) is 10.3. The number of carbonyl (C=O) groups excluding carboxylic acids is 1. The molecule has 0 saturated carbocycles. The molecule has 0 aliphatic rings. The molecule has 0 radical (unpaired) electrons. The van der Waals surface area contributed by atoms with Crippen molar-refractivity contribution in [1.82, 2.24) is 9.97 Å². The van der Waals surface area contributed by atoms with Crippen molar-refractivity contribution in [2.45, 2.75) is 0 Å². The van der Waals surface area contributed by atoms with Gasteiger partial charge in [-0.25, -0.2) is 9.97 Å². The van der Waals surface area contributed by atoms with Gasteiger partial charge >= 0.3 is 0 Å². The van der Waals surface area contributed by atoms with E-state index in [2.05, 4.69) is 15.3 Å². The van der Waals surface area contributed by atoms with E-state index in [0.717, 1.165) is 5.82 Å². The van der Waals surface area contributed by atoms with Gasteiger partial charge in [0.05, 0.1) is 5.56 Å². The standard InChI is InChI=1S/C13H14N4O/c1-14-11-7-6-10(9-16-11)13(18)17(2)12-5-3-4-8-15-12/h3-9H,1-2H3,(H,14,16). The van der Waals surface area contributed by atoms with Crippen molar-refractivity contribution in [2.75, 3.05) is 24.3 Å². The number of rotatable bonds is 3. The maximum atomic E-state index is 12.2. The molecule has 0 fully saturated rings. The second-order valence-electron chi connectivity index (χ2n) is 3.73. The van der Waals surface area contributed by atoms with E-state index in [1.807, 2.05) is 12.1 Å². The monoisotopic (exact) mass is 242 g/mol. The Labute approximate surface area is 105 Å². The second kappa shape index (κ2) is 5.27. The Kier molecular flexibility index (Phi) is 3.52. The van der Waals surface area contributed by atoms with Gasteiger partial charge in [0, 0.05) is 26.5 Å². The van der Waals surface area contributed by atoms with Gasteiger partial charge in [-0.3, -0.25) is 9.69 Å². The fourth-order valence-electron chi connectivity index (χ4n) is 1.52. The van der Waals surface area contributed by atoms with E-state index in [9.17, 15) is 4.79 Å². The molecule has 92 valence electrons. The lowest BCUT2D eigenvalue weighted by atomic mass is 10.2. The molecule has 2 heterocycles. The van der Waals surface area contributed by atoms with E-state index in [4.69, 9.17) is 0 Å². The average molecular weight is 242 g/mol. The summed E-state index contributed by atoms with van der Waals surface area (Å²) in [6, 6.07) is 8.94. The molecule has 0 bridgehead atoms. The molecule has 1 amide bonds. The lowest BCUT2D eigenvalue weighted by molar-refractivity contribution is 0.0992. The number of carbonyl (C=O) groups is 1. The first-order chi connectivity index (χ1) is 8.72. The van der Waals surface area contributed by atoms with Crippen LogP contribution in [0.5, 0.6) is 0 Å². The quantitative estimate of drug-likeness (QED) is 0.891. The topological polar surface area (TPSA) is 58.1 Å². The fourth-order valence-corrected chi connectivity index (χ4v) is 1.52. The molecule has 0 aliphatic heterocycles. The van der Waals surface area contributed by atoms with Crippen molar-refractivity contribution in [3.63, 3.8) is 0 Å². The highest BCUT2D eigenvalue weighted by atomic mass is 16.2. The third-order valence-corrected chi connectivity index (χ3v) is 2.56. The lowest BCUT2D eigenvalue weighted by Gasteiger charge is -2.15. The molecule has 2 rings (SSSR count). The zero-order chi connectivity index (χ0) is 13.0. The highest BCUT2D eigenvalue weighted by molar-refractivity contribution is 6.05. The smallest absolute Gasteiger partial charge is 0.260 e. The summed E-state index contributed by atoms with van der Waals surface area (Å²) in [5, 5.41) is 2.91. The summed E-state index contributed by atoms with van der Waals surface area (Å²) in [7, 11) is 3.47. The van der Waals surface area contributed by atoms with E-state index >= 15 is 0 Å². The van der Waals surface area contributed by atoms with Gasteiger partial charge in [0.25, 0.3) is 5.91 Å². The van der Waals surface area contributed by atoms with Crippen molar-refractivity contribution < 1.29 is 4.79 Å². The van der Waals surface area contributed by atoms with E-state index in [-0.39, 0.29) is 5.91 Å². The molecule has 2 aromatic rings. The van der Waals surface area contributed by atoms with E-state index < -0.39 is 0 Å². The number of aromatic nitrogens is 2. The van der Waals surface area contributed by atoms with Gasteiger partial charge in [-0.15, -0.1) is 0 Å². The van der Waals surface area contributed by atoms with Crippen LogP contribution in [0, 0.1) is 0 Å². The number of amides is 1. The minimum atomic E-state index is -0.135. The van der Waals surface area contributed by atoms with Gasteiger partial charge in [0.1, 0.15) is 11.6 Å². The Morgan fingerprint density at radius 3 is 2.61 bits per heavy atom. The largest absolute Gasteiger partial charge is 0.373 e. The maximum absolute atomic E-state index is 12.2. The number of nitrogens with zero attached hydrogens (tertiary/aromatic N) is 3. The van der Waals surface area contributed by atoms with Crippen molar-refractivity contribution in [3.8, 4) is 0 Å². The molecule has 0 aromatic carbocycles. The molecule has 0 atom stereocenters.